The first-order chi connectivity index (χ1) is 9.86. The number of nitrogens with zero attached hydrogens (tertiary/aromatic N) is 1. The smallest absolute Gasteiger partial charge is 0.0247 e. The van der Waals surface area contributed by atoms with E-state index in [1.54, 1.807) is 0 Å². The van der Waals surface area contributed by atoms with Gasteiger partial charge in [-0.25, -0.2) is 0 Å². The highest BCUT2D eigenvalue weighted by Gasteiger charge is 2.33. The Kier molecular flexibility index (Phi) is 8.26. The van der Waals surface area contributed by atoms with Gasteiger partial charge in [0.15, 0.2) is 0 Å². The molecule has 0 aromatic carbocycles. The zero-order chi connectivity index (χ0) is 16.0. The predicted octanol–water partition coefficient (Wildman–Crippen LogP) is 4.55. The summed E-state index contributed by atoms with van der Waals surface area (Å²) in [5.41, 5.74) is 0. The largest absolute Gasteiger partial charge is 0.311 e. The number of nitrogens with one attached hydrogen (secondary N) is 1. The van der Waals surface area contributed by atoms with Crippen molar-refractivity contribution in [3.63, 3.8) is 0 Å². The summed E-state index contributed by atoms with van der Waals surface area (Å²) in [6, 6.07) is 2.11. The molecule has 0 amide bonds. The van der Waals surface area contributed by atoms with E-state index in [0.717, 1.165) is 23.8 Å². The van der Waals surface area contributed by atoms with Crippen molar-refractivity contribution in [1.29, 1.82) is 0 Å². The fraction of sp³-hybridized carbons (Fsp3) is 1.00. The Hall–Kier alpha value is -0.0800. The van der Waals surface area contributed by atoms with E-state index in [2.05, 4.69) is 58.7 Å². The second-order valence-corrected chi connectivity index (χ2v) is 8.08. The van der Waals surface area contributed by atoms with Gasteiger partial charge >= 0.3 is 0 Å². The van der Waals surface area contributed by atoms with Crippen LogP contribution in [0, 0.1) is 17.8 Å². The average molecular weight is 297 g/mol. The van der Waals surface area contributed by atoms with Crippen molar-refractivity contribution in [2.75, 3.05) is 13.1 Å². The molecule has 1 fully saturated rings. The van der Waals surface area contributed by atoms with Gasteiger partial charge in [0.05, 0.1) is 0 Å². The van der Waals surface area contributed by atoms with Crippen molar-refractivity contribution >= 4 is 0 Å². The van der Waals surface area contributed by atoms with Crippen molar-refractivity contribution in [2.24, 2.45) is 17.8 Å². The summed E-state index contributed by atoms with van der Waals surface area (Å²) in [5, 5.41) is 3.82. The molecule has 0 aliphatic carbocycles. The molecule has 1 saturated heterocycles. The molecule has 2 nitrogen and oxygen atoms in total. The molecule has 126 valence electrons. The standard InChI is InChI=1S/C19H40N2/c1-8-16(6)18-13-21(19(12-20-18)15(4)5)17(7)11-9-10-14(2)3/h14-20H,8-13H2,1-7H3. The lowest BCUT2D eigenvalue weighted by atomic mass is 9.90. The van der Waals surface area contributed by atoms with Gasteiger partial charge in [-0.3, -0.25) is 4.90 Å². The highest BCUT2D eigenvalue weighted by molar-refractivity contribution is 4.91. The molecule has 4 atom stereocenters. The first kappa shape index (κ1) is 19.0. The third kappa shape index (κ3) is 5.90. The van der Waals surface area contributed by atoms with Crippen LogP contribution in [-0.4, -0.2) is 36.1 Å². The fourth-order valence-corrected chi connectivity index (χ4v) is 3.59. The van der Waals surface area contributed by atoms with E-state index in [4.69, 9.17) is 0 Å². The monoisotopic (exact) mass is 296 g/mol. The molecule has 0 bridgehead atoms. The summed E-state index contributed by atoms with van der Waals surface area (Å²) in [4.78, 5) is 2.82. The van der Waals surface area contributed by atoms with Crippen LogP contribution in [0.15, 0.2) is 0 Å². The molecule has 0 saturated carbocycles. The number of rotatable bonds is 8. The summed E-state index contributed by atoms with van der Waals surface area (Å²) >= 11 is 0. The first-order valence-electron chi connectivity index (χ1n) is 9.35. The maximum Gasteiger partial charge on any atom is 0.0247 e. The first-order valence-corrected chi connectivity index (χ1v) is 9.35. The molecule has 0 aromatic rings. The molecule has 21 heavy (non-hydrogen) atoms. The highest BCUT2D eigenvalue weighted by atomic mass is 15.3. The number of hydrogen-bond acceptors (Lipinski definition) is 2. The number of hydrogen-bond donors (Lipinski definition) is 1. The van der Waals surface area contributed by atoms with E-state index in [-0.39, 0.29) is 0 Å². The summed E-state index contributed by atoms with van der Waals surface area (Å²) in [7, 11) is 0. The van der Waals surface area contributed by atoms with Gasteiger partial charge in [0.25, 0.3) is 0 Å². The Morgan fingerprint density at radius 3 is 2.24 bits per heavy atom. The molecule has 0 aromatic heterocycles. The van der Waals surface area contributed by atoms with Crippen molar-refractivity contribution in [3.05, 3.63) is 0 Å². The van der Waals surface area contributed by atoms with Crippen molar-refractivity contribution in [1.82, 2.24) is 10.2 Å². The summed E-state index contributed by atoms with van der Waals surface area (Å²) in [6.07, 6.45) is 5.38. The molecule has 1 rings (SSSR count). The lowest BCUT2D eigenvalue weighted by Gasteiger charge is -2.47. The zero-order valence-electron chi connectivity index (χ0n) is 15.7. The molecule has 0 radical (unpaired) electrons. The van der Waals surface area contributed by atoms with Crippen LogP contribution >= 0.6 is 0 Å². The lowest BCUT2D eigenvalue weighted by Crippen LogP contribution is -2.62. The van der Waals surface area contributed by atoms with Gasteiger partial charge in [-0.1, -0.05) is 60.8 Å². The highest BCUT2D eigenvalue weighted by Crippen LogP contribution is 2.24. The lowest BCUT2D eigenvalue weighted by molar-refractivity contribution is 0.0450. The molecule has 0 spiro atoms. The van der Waals surface area contributed by atoms with Crippen LogP contribution in [0.1, 0.15) is 74.1 Å². The van der Waals surface area contributed by atoms with E-state index in [9.17, 15) is 0 Å². The van der Waals surface area contributed by atoms with Crippen LogP contribution in [0.5, 0.6) is 0 Å². The van der Waals surface area contributed by atoms with E-state index < -0.39 is 0 Å². The van der Waals surface area contributed by atoms with Crippen molar-refractivity contribution in [3.8, 4) is 0 Å². The Labute approximate surface area is 134 Å². The Balaban J connectivity index is 2.61. The minimum Gasteiger partial charge on any atom is -0.311 e. The molecule has 1 aliphatic rings. The molecule has 2 heteroatoms. The summed E-state index contributed by atoms with van der Waals surface area (Å²) in [6.45, 7) is 19.0. The number of piperazine rings is 1. The molecular weight excluding hydrogens is 256 g/mol. The molecule has 4 unspecified atom stereocenters. The fourth-order valence-electron chi connectivity index (χ4n) is 3.59. The maximum absolute atomic E-state index is 3.82. The average Bonchev–Trinajstić information content (AvgIpc) is 2.45. The van der Waals surface area contributed by atoms with Gasteiger partial charge in [0.1, 0.15) is 0 Å². The SMILES string of the molecule is CCC(C)C1CN(C(C)CCCC(C)C)C(C(C)C)CN1. The minimum absolute atomic E-state index is 0.678. The van der Waals surface area contributed by atoms with Gasteiger partial charge in [-0.15, -0.1) is 0 Å². The normalized spacial score (nSPS) is 27.3. The van der Waals surface area contributed by atoms with Crippen LogP contribution in [0.3, 0.4) is 0 Å². The van der Waals surface area contributed by atoms with Crippen LogP contribution in [0.25, 0.3) is 0 Å². The Bertz CT molecular complexity index is 275. The Morgan fingerprint density at radius 2 is 1.71 bits per heavy atom. The van der Waals surface area contributed by atoms with Gasteiger partial charge in [0, 0.05) is 31.2 Å². The molecule has 1 heterocycles. The quantitative estimate of drug-likeness (QED) is 0.707. The zero-order valence-corrected chi connectivity index (χ0v) is 15.7. The van der Waals surface area contributed by atoms with Crippen molar-refractivity contribution < 1.29 is 0 Å². The van der Waals surface area contributed by atoms with E-state index >= 15 is 0 Å². The predicted molar refractivity (Wildman–Crippen MR) is 94.7 cm³/mol. The molecular formula is C19H40N2. The van der Waals surface area contributed by atoms with Crippen LogP contribution in [0.2, 0.25) is 0 Å². The Morgan fingerprint density at radius 1 is 1.05 bits per heavy atom. The van der Waals surface area contributed by atoms with E-state index in [1.165, 1.54) is 38.8 Å². The van der Waals surface area contributed by atoms with E-state index in [0.29, 0.717) is 12.1 Å². The molecule has 1 aliphatic heterocycles. The summed E-state index contributed by atoms with van der Waals surface area (Å²) < 4.78 is 0. The third-order valence-corrected chi connectivity index (χ3v) is 5.49. The van der Waals surface area contributed by atoms with Crippen molar-refractivity contribution in [2.45, 2.75) is 92.3 Å². The maximum atomic E-state index is 3.82. The van der Waals surface area contributed by atoms with Crippen LogP contribution in [0.4, 0.5) is 0 Å². The topological polar surface area (TPSA) is 15.3 Å². The van der Waals surface area contributed by atoms with Crippen LogP contribution in [-0.2, 0) is 0 Å². The minimum atomic E-state index is 0.678. The van der Waals surface area contributed by atoms with E-state index in [1.807, 2.05) is 0 Å². The van der Waals surface area contributed by atoms with Gasteiger partial charge in [-0.2, -0.15) is 0 Å². The van der Waals surface area contributed by atoms with Crippen LogP contribution < -0.4 is 5.32 Å². The summed E-state index contributed by atoms with van der Waals surface area (Å²) in [5.74, 6) is 2.36. The second-order valence-electron chi connectivity index (χ2n) is 8.08. The molecule has 1 N–H and O–H groups in total. The third-order valence-electron chi connectivity index (χ3n) is 5.49. The van der Waals surface area contributed by atoms with Gasteiger partial charge in [0.2, 0.25) is 0 Å². The van der Waals surface area contributed by atoms with Gasteiger partial charge in [-0.05, 0) is 31.1 Å². The van der Waals surface area contributed by atoms with Gasteiger partial charge < -0.3 is 5.32 Å². The second kappa shape index (κ2) is 9.15.